The smallest absolute Gasteiger partial charge is 0.226 e. The normalized spacial score (nSPS) is 11.5. The summed E-state index contributed by atoms with van der Waals surface area (Å²) in [6.45, 7) is 8.13. The Hall–Kier alpha value is -2.11. The van der Waals surface area contributed by atoms with Gasteiger partial charge in [-0.2, -0.15) is 10.1 Å². The van der Waals surface area contributed by atoms with Gasteiger partial charge in [0, 0.05) is 31.6 Å². The lowest BCUT2D eigenvalue weighted by molar-refractivity contribution is 0.406. The molecule has 0 fully saturated rings. The summed E-state index contributed by atoms with van der Waals surface area (Å²) in [5.74, 6) is 2.64. The second-order valence-corrected chi connectivity index (χ2v) is 5.76. The largest absolute Gasteiger partial charge is 0.421 e. The van der Waals surface area contributed by atoms with E-state index in [9.17, 15) is 0 Å². The Balaban J connectivity index is 2.38. The van der Waals surface area contributed by atoms with E-state index < -0.39 is 0 Å². The molecule has 2 heterocycles. The molecule has 6 heteroatoms. The van der Waals surface area contributed by atoms with Gasteiger partial charge >= 0.3 is 0 Å². The summed E-state index contributed by atoms with van der Waals surface area (Å²) in [6, 6.07) is 3.65. The summed E-state index contributed by atoms with van der Waals surface area (Å²) >= 11 is 0. The van der Waals surface area contributed by atoms with Crippen LogP contribution in [0.1, 0.15) is 32.3 Å². The molecule has 0 aromatic carbocycles. The molecule has 0 bridgehead atoms. The number of rotatable bonds is 3. The lowest BCUT2D eigenvalue weighted by Gasteiger charge is -2.18. The first-order chi connectivity index (χ1) is 9.29. The molecule has 20 heavy (non-hydrogen) atoms. The van der Waals surface area contributed by atoms with Crippen LogP contribution in [-0.4, -0.2) is 26.8 Å². The summed E-state index contributed by atoms with van der Waals surface area (Å²) in [5.41, 5.74) is 0.759. The standard InChI is InChI=1S/C14H21N5O/c1-9-7-12(19(6)18-9)20-11-8-10(15-5)16-13(17-11)14(2,3)4/h7-8H,1-6H3,(H,15,16,17). The monoisotopic (exact) mass is 275 g/mol. The highest BCUT2D eigenvalue weighted by Gasteiger charge is 2.20. The van der Waals surface area contributed by atoms with Gasteiger partial charge in [0.1, 0.15) is 11.6 Å². The molecule has 0 aliphatic heterocycles. The first-order valence-electron chi connectivity index (χ1n) is 6.55. The summed E-state index contributed by atoms with van der Waals surface area (Å²) < 4.78 is 7.51. The van der Waals surface area contributed by atoms with Crippen LogP contribution in [0.15, 0.2) is 12.1 Å². The van der Waals surface area contributed by atoms with E-state index in [2.05, 4.69) is 41.2 Å². The predicted molar refractivity (Wildman–Crippen MR) is 78.3 cm³/mol. The molecular formula is C14H21N5O. The number of aryl methyl sites for hydroxylation is 2. The number of nitrogens with one attached hydrogen (secondary N) is 1. The van der Waals surface area contributed by atoms with Crippen LogP contribution in [0.3, 0.4) is 0 Å². The van der Waals surface area contributed by atoms with Gasteiger partial charge in [-0.05, 0) is 6.92 Å². The van der Waals surface area contributed by atoms with Crippen LogP contribution in [0, 0.1) is 6.92 Å². The molecule has 0 radical (unpaired) electrons. The van der Waals surface area contributed by atoms with E-state index in [4.69, 9.17) is 4.74 Å². The quantitative estimate of drug-likeness (QED) is 0.933. The minimum atomic E-state index is -0.145. The molecular weight excluding hydrogens is 254 g/mol. The van der Waals surface area contributed by atoms with E-state index in [0.717, 1.165) is 17.3 Å². The number of aromatic nitrogens is 4. The van der Waals surface area contributed by atoms with Gasteiger partial charge < -0.3 is 10.1 Å². The summed E-state index contributed by atoms with van der Waals surface area (Å²) in [6.07, 6.45) is 0. The van der Waals surface area contributed by atoms with Gasteiger partial charge in [-0.25, -0.2) is 9.67 Å². The zero-order valence-corrected chi connectivity index (χ0v) is 12.9. The van der Waals surface area contributed by atoms with Crippen LogP contribution < -0.4 is 10.1 Å². The molecule has 2 rings (SSSR count). The number of hydrogen-bond acceptors (Lipinski definition) is 5. The lowest BCUT2D eigenvalue weighted by Crippen LogP contribution is -2.17. The van der Waals surface area contributed by atoms with E-state index in [1.54, 1.807) is 10.7 Å². The average Bonchev–Trinajstić information content (AvgIpc) is 2.66. The molecule has 1 N–H and O–H groups in total. The van der Waals surface area contributed by atoms with Crippen LogP contribution in [0.25, 0.3) is 0 Å². The fraction of sp³-hybridized carbons (Fsp3) is 0.500. The van der Waals surface area contributed by atoms with Crippen molar-refractivity contribution >= 4 is 5.82 Å². The Morgan fingerprint density at radius 1 is 1.20 bits per heavy atom. The third kappa shape index (κ3) is 3.07. The maximum atomic E-state index is 5.82. The van der Waals surface area contributed by atoms with E-state index in [-0.39, 0.29) is 5.41 Å². The van der Waals surface area contributed by atoms with Crippen LogP contribution >= 0.6 is 0 Å². The van der Waals surface area contributed by atoms with Gasteiger partial charge in [-0.3, -0.25) is 0 Å². The van der Waals surface area contributed by atoms with Crippen molar-refractivity contribution in [2.45, 2.75) is 33.1 Å². The van der Waals surface area contributed by atoms with E-state index in [1.165, 1.54) is 0 Å². The highest BCUT2D eigenvalue weighted by Crippen LogP contribution is 2.26. The molecule has 2 aromatic rings. The average molecular weight is 275 g/mol. The highest BCUT2D eigenvalue weighted by molar-refractivity contribution is 5.39. The van der Waals surface area contributed by atoms with E-state index in [0.29, 0.717) is 11.8 Å². The Labute approximate surface area is 119 Å². The Bertz CT molecular complexity index is 613. The van der Waals surface area contributed by atoms with Crippen molar-refractivity contribution in [1.82, 2.24) is 19.7 Å². The molecule has 6 nitrogen and oxygen atoms in total. The van der Waals surface area contributed by atoms with Gasteiger partial charge in [0.15, 0.2) is 0 Å². The van der Waals surface area contributed by atoms with E-state index in [1.807, 2.05) is 27.1 Å². The van der Waals surface area contributed by atoms with Crippen molar-refractivity contribution in [3.05, 3.63) is 23.7 Å². The Morgan fingerprint density at radius 2 is 1.90 bits per heavy atom. The minimum Gasteiger partial charge on any atom is -0.421 e. The molecule has 0 atom stereocenters. The van der Waals surface area contributed by atoms with Crippen LogP contribution in [0.2, 0.25) is 0 Å². The van der Waals surface area contributed by atoms with Crippen molar-refractivity contribution in [3.63, 3.8) is 0 Å². The van der Waals surface area contributed by atoms with Gasteiger partial charge in [-0.1, -0.05) is 20.8 Å². The third-order valence-electron chi connectivity index (χ3n) is 2.80. The molecule has 0 unspecified atom stereocenters. The van der Waals surface area contributed by atoms with E-state index >= 15 is 0 Å². The fourth-order valence-electron chi connectivity index (χ4n) is 1.73. The Kier molecular flexibility index (Phi) is 3.65. The molecule has 0 spiro atoms. The maximum absolute atomic E-state index is 5.82. The number of anilines is 1. The van der Waals surface area contributed by atoms with Crippen molar-refractivity contribution in [1.29, 1.82) is 0 Å². The van der Waals surface area contributed by atoms with Gasteiger partial charge in [0.2, 0.25) is 11.8 Å². The molecule has 0 aliphatic carbocycles. The zero-order valence-electron chi connectivity index (χ0n) is 12.9. The van der Waals surface area contributed by atoms with Crippen molar-refractivity contribution in [2.75, 3.05) is 12.4 Å². The summed E-state index contributed by atoms with van der Waals surface area (Å²) in [4.78, 5) is 8.95. The first-order valence-corrected chi connectivity index (χ1v) is 6.55. The molecule has 0 saturated heterocycles. The van der Waals surface area contributed by atoms with Crippen molar-refractivity contribution < 1.29 is 4.74 Å². The minimum absolute atomic E-state index is 0.145. The van der Waals surface area contributed by atoms with Gasteiger partial charge in [0.25, 0.3) is 0 Å². The van der Waals surface area contributed by atoms with Crippen molar-refractivity contribution in [2.24, 2.45) is 7.05 Å². The first kappa shape index (κ1) is 14.3. The third-order valence-corrected chi connectivity index (χ3v) is 2.80. The number of ether oxygens (including phenoxy) is 1. The SMILES string of the molecule is CNc1cc(Oc2cc(C)nn2C)nc(C(C)(C)C)n1. The van der Waals surface area contributed by atoms with Crippen molar-refractivity contribution in [3.8, 4) is 11.8 Å². The van der Waals surface area contributed by atoms with Crippen LogP contribution in [-0.2, 0) is 12.5 Å². The molecule has 0 amide bonds. The number of nitrogens with zero attached hydrogens (tertiary/aromatic N) is 4. The molecule has 0 aliphatic rings. The highest BCUT2D eigenvalue weighted by atomic mass is 16.5. The second-order valence-electron chi connectivity index (χ2n) is 5.76. The summed E-state index contributed by atoms with van der Waals surface area (Å²) in [5, 5.41) is 7.29. The molecule has 0 saturated carbocycles. The zero-order chi connectivity index (χ0) is 14.9. The van der Waals surface area contributed by atoms with Gasteiger partial charge in [-0.15, -0.1) is 0 Å². The Morgan fingerprint density at radius 3 is 2.40 bits per heavy atom. The predicted octanol–water partition coefficient (Wildman–Crippen LogP) is 2.65. The molecule has 2 aromatic heterocycles. The van der Waals surface area contributed by atoms with Gasteiger partial charge in [0.05, 0.1) is 5.69 Å². The molecule has 108 valence electrons. The maximum Gasteiger partial charge on any atom is 0.226 e. The number of hydrogen-bond donors (Lipinski definition) is 1. The van der Waals surface area contributed by atoms with Crippen LogP contribution in [0.5, 0.6) is 11.8 Å². The topological polar surface area (TPSA) is 64.9 Å². The summed E-state index contributed by atoms with van der Waals surface area (Å²) in [7, 11) is 3.67. The second kappa shape index (κ2) is 5.11. The fourth-order valence-corrected chi connectivity index (χ4v) is 1.73. The van der Waals surface area contributed by atoms with Crippen LogP contribution in [0.4, 0.5) is 5.82 Å². The lowest BCUT2D eigenvalue weighted by atomic mass is 9.96.